The molecular weight excluding hydrogens is 294 g/mol. The number of nitrogens with one attached hydrogen (secondary N) is 1. The third kappa shape index (κ3) is 4.71. The molecular formula is C18H21NO4. The molecule has 0 atom stereocenters. The van der Waals surface area contributed by atoms with Crippen LogP contribution in [0, 0.1) is 20.8 Å². The summed E-state index contributed by atoms with van der Waals surface area (Å²) in [7, 11) is 0. The van der Waals surface area contributed by atoms with Crippen LogP contribution < -0.4 is 5.32 Å². The van der Waals surface area contributed by atoms with Crippen molar-refractivity contribution >= 4 is 11.9 Å². The second-order valence-corrected chi connectivity index (χ2v) is 5.76. The molecule has 0 aliphatic carbocycles. The van der Waals surface area contributed by atoms with Gasteiger partial charge in [0.15, 0.2) is 0 Å². The largest absolute Gasteiger partial charge is 0.478 e. The molecule has 5 heteroatoms. The van der Waals surface area contributed by atoms with E-state index in [1.807, 2.05) is 13.8 Å². The second kappa shape index (κ2) is 7.13. The van der Waals surface area contributed by atoms with E-state index >= 15 is 0 Å². The van der Waals surface area contributed by atoms with Crippen molar-refractivity contribution in [3.63, 3.8) is 0 Å². The molecule has 5 nitrogen and oxygen atoms in total. The number of amides is 1. The van der Waals surface area contributed by atoms with Crippen molar-refractivity contribution in [1.29, 1.82) is 0 Å². The molecule has 0 unspecified atom stereocenters. The van der Waals surface area contributed by atoms with Crippen LogP contribution >= 0.6 is 0 Å². The normalized spacial score (nSPS) is 10.6. The van der Waals surface area contributed by atoms with Crippen molar-refractivity contribution < 1.29 is 19.1 Å². The average molecular weight is 315 g/mol. The smallest absolute Gasteiger partial charge is 0.339 e. The Labute approximate surface area is 135 Å². The number of furan rings is 1. The maximum Gasteiger partial charge on any atom is 0.339 e. The number of carbonyl (C=O) groups excluding carboxylic acids is 1. The highest BCUT2D eigenvalue weighted by Crippen LogP contribution is 2.15. The Kier molecular flexibility index (Phi) is 5.21. The summed E-state index contributed by atoms with van der Waals surface area (Å²) in [5, 5.41) is 11.7. The Morgan fingerprint density at radius 3 is 2.30 bits per heavy atom. The predicted molar refractivity (Wildman–Crippen MR) is 86.5 cm³/mol. The van der Waals surface area contributed by atoms with Gasteiger partial charge in [-0.1, -0.05) is 29.3 Å². The quantitative estimate of drug-likeness (QED) is 0.858. The van der Waals surface area contributed by atoms with E-state index in [1.165, 1.54) is 17.2 Å². The molecule has 0 fully saturated rings. The third-order valence-electron chi connectivity index (χ3n) is 3.58. The van der Waals surface area contributed by atoms with Crippen molar-refractivity contribution in [2.24, 2.45) is 0 Å². The number of carboxylic acids is 1. The fraction of sp³-hybridized carbons (Fsp3) is 0.333. The molecule has 1 amide bonds. The van der Waals surface area contributed by atoms with Gasteiger partial charge in [-0.15, -0.1) is 0 Å². The lowest BCUT2D eigenvalue weighted by Crippen LogP contribution is -2.22. The topological polar surface area (TPSA) is 79.5 Å². The summed E-state index contributed by atoms with van der Waals surface area (Å²) in [5.74, 6) is -0.328. The summed E-state index contributed by atoms with van der Waals surface area (Å²) in [6.45, 7) is 5.86. The van der Waals surface area contributed by atoms with Crippen LogP contribution in [0.2, 0.25) is 0 Å². The first-order valence-corrected chi connectivity index (χ1v) is 7.51. The van der Waals surface area contributed by atoms with Gasteiger partial charge < -0.3 is 14.8 Å². The summed E-state index contributed by atoms with van der Waals surface area (Å²) in [4.78, 5) is 22.9. The molecule has 1 aromatic carbocycles. The van der Waals surface area contributed by atoms with Crippen molar-refractivity contribution in [3.05, 3.63) is 58.0 Å². The molecule has 0 aliphatic rings. The van der Waals surface area contributed by atoms with Crippen molar-refractivity contribution in [2.75, 3.05) is 0 Å². The van der Waals surface area contributed by atoms with Crippen LogP contribution in [0.5, 0.6) is 0 Å². The number of aryl methyl sites for hydroxylation is 4. The Hall–Kier alpha value is -2.56. The van der Waals surface area contributed by atoms with Gasteiger partial charge in [0.25, 0.3) is 0 Å². The number of aromatic carboxylic acids is 1. The van der Waals surface area contributed by atoms with E-state index in [1.54, 1.807) is 6.92 Å². The first kappa shape index (κ1) is 16.8. The van der Waals surface area contributed by atoms with Crippen LogP contribution in [-0.4, -0.2) is 17.0 Å². The van der Waals surface area contributed by atoms with Gasteiger partial charge >= 0.3 is 5.97 Å². The van der Waals surface area contributed by atoms with Gasteiger partial charge in [0, 0.05) is 6.42 Å². The standard InChI is InChI=1S/C18H21NO4/c1-11-6-12(2)8-14(7-11)4-5-17(20)19-10-15-9-16(18(21)22)13(3)23-15/h6-9H,4-5,10H2,1-3H3,(H,19,20)(H,21,22). The van der Waals surface area contributed by atoms with Crippen LogP contribution in [0.4, 0.5) is 0 Å². The van der Waals surface area contributed by atoms with Gasteiger partial charge in [-0.3, -0.25) is 4.79 Å². The van der Waals surface area contributed by atoms with E-state index in [4.69, 9.17) is 9.52 Å². The number of carbonyl (C=O) groups is 2. The molecule has 23 heavy (non-hydrogen) atoms. The Bertz CT molecular complexity index is 710. The lowest BCUT2D eigenvalue weighted by Gasteiger charge is -2.06. The maximum absolute atomic E-state index is 11.9. The van der Waals surface area contributed by atoms with Gasteiger partial charge in [0.05, 0.1) is 6.54 Å². The SMILES string of the molecule is Cc1cc(C)cc(CCC(=O)NCc2cc(C(=O)O)c(C)o2)c1. The first-order valence-electron chi connectivity index (χ1n) is 7.51. The van der Waals surface area contributed by atoms with Crippen molar-refractivity contribution in [3.8, 4) is 0 Å². The Balaban J connectivity index is 1.85. The van der Waals surface area contributed by atoms with Crippen LogP contribution in [-0.2, 0) is 17.8 Å². The summed E-state index contributed by atoms with van der Waals surface area (Å²) in [5.41, 5.74) is 3.64. The number of benzene rings is 1. The van der Waals surface area contributed by atoms with E-state index in [2.05, 4.69) is 23.5 Å². The predicted octanol–water partition coefficient (Wildman–Crippen LogP) is 3.15. The fourth-order valence-electron chi connectivity index (χ4n) is 2.59. The molecule has 1 heterocycles. The number of rotatable bonds is 6. The zero-order valence-electron chi connectivity index (χ0n) is 13.6. The number of carboxylic acid groups (broad SMARTS) is 1. The van der Waals surface area contributed by atoms with Gasteiger partial charge in [-0.25, -0.2) is 4.79 Å². The third-order valence-corrected chi connectivity index (χ3v) is 3.58. The van der Waals surface area contributed by atoms with Crippen LogP contribution in [0.1, 0.15) is 45.0 Å². The molecule has 122 valence electrons. The van der Waals surface area contributed by atoms with E-state index in [-0.39, 0.29) is 18.0 Å². The fourth-order valence-corrected chi connectivity index (χ4v) is 2.59. The highest BCUT2D eigenvalue weighted by atomic mass is 16.4. The molecule has 0 saturated carbocycles. The average Bonchev–Trinajstić information content (AvgIpc) is 2.83. The van der Waals surface area contributed by atoms with Gasteiger partial charge in [0.1, 0.15) is 17.1 Å². The summed E-state index contributed by atoms with van der Waals surface area (Å²) < 4.78 is 5.33. The van der Waals surface area contributed by atoms with E-state index in [0.29, 0.717) is 24.4 Å². The zero-order valence-corrected chi connectivity index (χ0v) is 13.6. The first-order chi connectivity index (χ1) is 10.8. The lowest BCUT2D eigenvalue weighted by molar-refractivity contribution is -0.121. The minimum Gasteiger partial charge on any atom is -0.478 e. The molecule has 0 saturated heterocycles. The van der Waals surface area contributed by atoms with Crippen LogP contribution in [0.3, 0.4) is 0 Å². The highest BCUT2D eigenvalue weighted by molar-refractivity contribution is 5.88. The van der Waals surface area contributed by atoms with Gasteiger partial charge in [0.2, 0.25) is 5.91 Å². The minimum atomic E-state index is -1.03. The van der Waals surface area contributed by atoms with E-state index in [0.717, 1.165) is 5.56 Å². The molecule has 2 N–H and O–H groups in total. The van der Waals surface area contributed by atoms with Gasteiger partial charge in [-0.05, 0) is 38.8 Å². The molecule has 2 rings (SSSR count). The molecule has 1 aromatic heterocycles. The minimum absolute atomic E-state index is 0.0879. The summed E-state index contributed by atoms with van der Waals surface area (Å²) in [6.07, 6.45) is 1.06. The molecule has 0 spiro atoms. The van der Waals surface area contributed by atoms with Crippen LogP contribution in [0.15, 0.2) is 28.7 Å². The van der Waals surface area contributed by atoms with Crippen molar-refractivity contribution in [1.82, 2.24) is 5.32 Å². The second-order valence-electron chi connectivity index (χ2n) is 5.76. The summed E-state index contributed by atoms with van der Waals surface area (Å²) >= 11 is 0. The maximum atomic E-state index is 11.9. The van der Waals surface area contributed by atoms with Crippen molar-refractivity contribution in [2.45, 2.75) is 40.2 Å². The molecule has 0 radical (unpaired) electrons. The Morgan fingerprint density at radius 2 is 1.74 bits per heavy atom. The number of hydrogen-bond acceptors (Lipinski definition) is 3. The van der Waals surface area contributed by atoms with E-state index < -0.39 is 5.97 Å². The highest BCUT2D eigenvalue weighted by Gasteiger charge is 2.14. The summed E-state index contributed by atoms with van der Waals surface area (Å²) in [6, 6.07) is 7.70. The monoisotopic (exact) mass is 315 g/mol. The zero-order chi connectivity index (χ0) is 17.0. The van der Waals surface area contributed by atoms with Crippen LogP contribution in [0.25, 0.3) is 0 Å². The molecule has 0 aliphatic heterocycles. The van der Waals surface area contributed by atoms with E-state index in [9.17, 15) is 9.59 Å². The van der Waals surface area contributed by atoms with Gasteiger partial charge in [-0.2, -0.15) is 0 Å². The lowest BCUT2D eigenvalue weighted by atomic mass is 10.0. The number of hydrogen-bond donors (Lipinski definition) is 2. The Morgan fingerprint density at radius 1 is 1.09 bits per heavy atom. The molecule has 0 bridgehead atoms. The molecule has 2 aromatic rings.